The molecule has 8 heteroatoms. The molecule has 1 N–H and O–H groups in total. The maximum absolute atomic E-state index is 13.0. The molecule has 2 fully saturated rings. The lowest BCUT2D eigenvalue weighted by molar-refractivity contribution is -0.137. The van der Waals surface area contributed by atoms with Gasteiger partial charge in [0.1, 0.15) is 5.82 Å². The molecule has 0 atom stereocenters. The molecule has 2 aliphatic heterocycles. The number of pyridine rings is 1. The van der Waals surface area contributed by atoms with Crippen LogP contribution in [-0.2, 0) is 4.79 Å². The third kappa shape index (κ3) is 5.28. The Hall–Kier alpha value is -2.80. The maximum atomic E-state index is 13.0. The zero-order valence-corrected chi connectivity index (χ0v) is 18.5. The lowest BCUT2D eigenvalue weighted by Crippen LogP contribution is -2.53. The second-order valence-electron chi connectivity index (χ2n) is 8.21. The Balaban J connectivity index is 1.24. The largest absolute Gasteiger partial charge is 0.357 e. The van der Waals surface area contributed by atoms with Crippen molar-refractivity contribution in [1.82, 2.24) is 14.8 Å². The lowest BCUT2D eigenvalue weighted by Gasteiger charge is -2.38. The summed E-state index contributed by atoms with van der Waals surface area (Å²) in [7, 11) is 0. The second-order valence-corrected chi connectivity index (χ2v) is 8.64. The number of nitrogens with one attached hydrogen (secondary N) is 1. The van der Waals surface area contributed by atoms with Crippen LogP contribution in [0.3, 0.4) is 0 Å². The number of amides is 3. The topological polar surface area (TPSA) is 68.8 Å². The van der Waals surface area contributed by atoms with Gasteiger partial charge < -0.3 is 20.0 Å². The number of aryl methyl sites for hydroxylation is 1. The van der Waals surface area contributed by atoms with Gasteiger partial charge in [0.2, 0.25) is 5.91 Å². The monoisotopic (exact) mass is 441 g/mol. The molecule has 1 aromatic heterocycles. The molecular formula is C23H28ClN5O2. The van der Waals surface area contributed by atoms with E-state index in [1.807, 2.05) is 48.2 Å². The molecule has 7 nitrogen and oxygen atoms in total. The molecule has 2 saturated heterocycles. The summed E-state index contributed by atoms with van der Waals surface area (Å²) in [4.78, 5) is 35.8. The summed E-state index contributed by atoms with van der Waals surface area (Å²) in [5.41, 5.74) is 1.90. The summed E-state index contributed by atoms with van der Waals surface area (Å²) in [5, 5.41) is 3.57. The molecule has 0 unspecified atom stereocenters. The van der Waals surface area contributed by atoms with Crippen molar-refractivity contribution < 1.29 is 9.59 Å². The summed E-state index contributed by atoms with van der Waals surface area (Å²) < 4.78 is 0. The number of urea groups is 1. The predicted octanol–water partition coefficient (Wildman–Crippen LogP) is 3.64. The SMILES string of the molecule is Cc1cccc(NC(=O)N2CCN(C(=O)C3CCN(c4ccc(Cl)cn4)CC3)CC2)c1. The van der Waals surface area contributed by atoms with Crippen molar-refractivity contribution in [1.29, 1.82) is 0 Å². The minimum Gasteiger partial charge on any atom is -0.357 e. The third-order valence-corrected chi connectivity index (χ3v) is 6.25. The van der Waals surface area contributed by atoms with E-state index < -0.39 is 0 Å². The van der Waals surface area contributed by atoms with Gasteiger partial charge in [-0.15, -0.1) is 0 Å². The highest BCUT2D eigenvalue weighted by Gasteiger charge is 2.31. The van der Waals surface area contributed by atoms with Crippen molar-refractivity contribution in [2.45, 2.75) is 19.8 Å². The second kappa shape index (κ2) is 9.56. The summed E-state index contributed by atoms with van der Waals surface area (Å²) in [6.45, 7) is 5.89. The molecule has 2 aromatic rings. The van der Waals surface area contributed by atoms with Crippen LogP contribution < -0.4 is 10.2 Å². The summed E-state index contributed by atoms with van der Waals surface area (Å²) in [5.74, 6) is 1.15. The van der Waals surface area contributed by atoms with Gasteiger partial charge in [-0.2, -0.15) is 0 Å². The van der Waals surface area contributed by atoms with E-state index in [1.54, 1.807) is 11.1 Å². The number of piperidine rings is 1. The quantitative estimate of drug-likeness (QED) is 0.789. The van der Waals surface area contributed by atoms with Crippen molar-refractivity contribution in [3.05, 3.63) is 53.2 Å². The Morgan fingerprint density at radius 3 is 2.35 bits per heavy atom. The van der Waals surface area contributed by atoms with Crippen LogP contribution in [-0.4, -0.2) is 66.0 Å². The fourth-order valence-corrected chi connectivity index (χ4v) is 4.34. The van der Waals surface area contributed by atoms with Crippen LogP contribution in [0.1, 0.15) is 18.4 Å². The number of halogens is 1. The standard InChI is InChI=1S/C23H28ClN5O2/c1-17-3-2-4-20(15-17)26-23(31)29-13-11-28(12-14-29)22(30)18-7-9-27(10-8-18)21-6-5-19(24)16-25-21/h2-6,15-16,18H,7-14H2,1H3,(H,26,31). The Morgan fingerprint density at radius 2 is 1.71 bits per heavy atom. The smallest absolute Gasteiger partial charge is 0.321 e. The number of piperazine rings is 1. The molecule has 0 bridgehead atoms. The molecule has 0 saturated carbocycles. The highest BCUT2D eigenvalue weighted by Crippen LogP contribution is 2.24. The Labute approximate surface area is 188 Å². The van der Waals surface area contributed by atoms with Gasteiger partial charge >= 0.3 is 6.03 Å². The van der Waals surface area contributed by atoms with Gasteiger partial charge in [-0.3, -0.25) is 4.79 Å². The molecule has 0 radical (unpaired) electrons. The molecule has 0 aliphatic carbocycles. The van der Waals surface area contributed by atoms with Crippen LogP contribution in [0.4, 0.5) is 16.3 Å². The highest BCUT2D eigenvalue weighted by molar-refractivity contribution is 6.30. The third-order valence-electron chi connectivity index (χ3n) is 6.03. The molecule has 4 rings (SSSR count). The average Bonchev–Trinajstić information content (AvgIpc) is 2.79. The van der Waals surface area contributed by atoms with E-state index in [1.165, 1.54) is 0 Å². The van der Waals surface area contributed by atoms with Crippen molar-refractivity contribution in [3.8, 4) is 0 Å². The minimum absolute atomic E-state index is 0.0382. The van der Waals surface area contributed by atoms with Crippen LogP contribution in [0, 0.1) is 12.8 Å². The van der Waals surface area contributed by atoms with Gasteiger partial charge in [0.25, 0.3) is 0 Å². The number of carbonyl (C=O) groups excluding carboxylic acids is 2. The van der Waals surface area contributed by atoms with E-state index in [4.69, 9.17) is 11.6 Å². The van der Waals surface area contributed by atoms with E-state index in [-0.39, 0.29) is 17.9 Å². The molecule has 0 spiro atoms. The molecule has 164 valence electrons. The van der Waals surface area contributed by atoms with Crippen LogP contribution in [0.25, 0.3) is 0 Å². The maximum Gasteiger partial charge on any atom is 0.321 e. The number of hydrogen-bond acceptors (Lipinski definition) is 4. The Bertz CT molecular complexity index is 920. The first-order chi connectivity index (χ1) is 15.0. The van der Waals surface area contributed by atoms with Crippen molar-refractivity contribution in [2.75, 3.05) is 49.5 Å². The summed E-state index contributed by atoms with van der Waals surface area (Å²) in [6, 6.07) is 11.4. The zero-order valence-electron chi connectivity index (χ0n) is 17.8. The van der Waals surface area contributed by atoms with E-state index in [2.05, 4.69) is 15.2 Å². The van der Waals surface area contributed by atoms with Crippen LogP contribution in [0.2, 0.25) is 5.02 Å². The molecule has 2 aliphatic rings. The molecular weight excluding hydrogens is 414 g/mol. The highest BCUT2D eigenvalue weighted by atomic mass is 35.5. The average molecular weight is 442 g/mol. The van der Waals surface area contributed by atoms with E-state index in [9.17, 15) is 9.59 Å². The molecule has 3 heterocycles. The van der Waals surface area contributed by atoms with Gasteiger partial charge in [-0.1, -0.05) is 23.7 Å². The van der Waals surface area contributed by atoms with E-state index in [0.717, 1.165) is 43.0 Å². The first kappa shape index (κ1) is 21.4. The minimum atomic E-state index is -0.110. The number of anilines is 2. The predicted molar refractivity (Wildman–Crippen MR) is 123 cm³/mol. The molecule has 1 aromatic carbocycles. The Kier molecular flexibility index (Phi) is 6.61. The van der Waals surface area contributed by atoms with Gasteiger partial charge in [0.15, 0.2) is 0 Å². The van der Waals surface area contributed by atoms with E-state index >= 15 is 0 Å². The van der Waals surface area contributed by atoms with Gasteiger partial charge in [-0.05, 0) is 49.6 Å². The first-order valence-corrected chi connectivity index (χ1v) is 11.2. The summed E-state index contributed by atoms with van der Waals surface area (Å²) >= 11 is 5.92. The number of rotatable bonds is 3. The number of aromatic nitrogens is 1. The number of hydrogen-bond donors (Lipinski definition) is 1. The normalized spacial score (nSPS) is 17.5. The lowest BCUT2D eigenvalue weighted by atomic mass is 9.95. The number of carbonyl (C=O) groups is 2. The van der Waals surface area contributed by atoms with Crippen molar-refractivity contribution in [3.63, 3.8) is 0 Å². The Morgan fingerprint density at radius 1 is 1.00 bits per heavy atom. The van der Waals surface area contributed by atoms with Crippen molar-refractivity contribution in [2.24, 2.45) is 5.92 Å². The number of benzene rings is 1. The number of nitrogens with zero attached hydrogens (tertiary/aromatic N) is 4. The summed E-state index contributed by atoms with van der Waals surface area (Å²) in [6.07, 6.45) is 3.29. The van der Waals surface area contributed by atoms with Crippen molar-refractivity contribution >= 4 is 35.0 Å². The first-order valence-electron chi connectivity index (χ1n) is 10.8. The van der Waals surface area contributed by atoms with Crippen LogP contribution in [0.5, 0.6) is 0 Å². The fraction of sp³-hybridized carbons (Fsp3) is 0.435. The van der Waals surface area contributed by atoms with Gasteiger partial charge in [-0.25, -0.2) is 9.78 Å². The molecule has 3 amide bonds. The van der Waals surface area contributed by atoms with E-state index in [0.29, 0.717) is 31.2 Å². The van der Waals surface area contributed by atoms with Gasteiger partial charge in [0.05, 0.1) is 5.02 Å². The van der Waals surface area contributed by atoms with Crippen LogP contribution >= 0.6 is 11.6 Å². The van der Waals surface area contributed by atoms with Crippen LogP contribution in [0.15, 0.2) is 42.6 Å². The fourth-order valence-electron chi connectivity index (χ4n) is 4.22. The van der Waals surface area contributed by atoms with Gasteiger partial charge in [0, 0.05) is 57.1 Å². The molecule has 31 heavy (non-hydrogen) atoms. The zero-order chi connectivity index (χ0) is 21.8.